The minimum atomic E-state index is -0.474. The van der Waals surface area contributed by atoms with Crippen molar-refractivity contribution in [3.05, 3.63) is 245 Å². The molecule has 9 aromatic rings. The number of rotatable bonds is 4. The van der Waals surface area contributed by atoms with Gasteiger partial charge in [-0.2, -0.15) is 0 Å². The van der Waals surface area contributed by atoms with Crippen molar-refractivity contribution in [2.75, 3.05) is 4.90 Å². The van der Waals surface area contributed by atoms with E-state index in [-0.39, 0.29) is 10.8 Å². The first-order valence-corrected chi connectivity index (χ1v) is 22.3. The summed E-state index contributed by atoms with van der Waals surface area (Å²) < 4.78 is 6.88. The molecule has 9 aromatic carbocycles. The molecule has 0 N–H and O–H groups in total. The van der Waals surface area contributed by atoms with Gasteiger partial charge in [0.05, 0.1) is 5.41 Å². The Kier molecular flexibility index (Phi) is 7.37. The monoisotopic (exact) mass is 807 g/mol. The molecule has 1 spiro atoms. The molecule has 0 saturated carbocycles. The fraction of sp³-hybridized carbons (Fsp3) is 0.115. The molecule has 0 aromatic heterocycles. The molecule has 0 fully saturated rings. The smallest absolute Gasteiger partial charge is 0.132 e. The molecule has 300 valence electrons. The average molecular weight is 808 g/mol. The molecule has 2 heteroatoms. The first kappa shape index (κ1) is 36.3. The summed E-state index contributed by atoms with van der Waals surface area (Å²) in [5.74, 6) is 1.80. The van der Waals surface area contributed by atoms with Crippen LogP contribution in [0.2, 0.25) is 0 Å². The highest BCUT2D eigenvalue weighted by molar-refractivity contribution is 5.91. The number of hydrogen-bond acceptors (Lipinski definition) is 2. The summed E-state index contributed by atoms with van der Waals surface area (Å²) in [6.45, 7) is 9.46. The predicted molar refractivity (Wildman–Crippen MR) is 259 cm³/mol. The molecule has 0 unspecified atom stereocenters. The summed E-state index contributed by atoms with van der Waals surface area (Å²) in [5, 5.41) is 0. The first-order valence-electron chi connectivity index (χ1n) is 22.3. The molecule has 4 aliphatic rings. The van der Waals surface area contributed by atoms with Crippen LogP contribution in [0.4, 0.5) is 17.1 Å². The maximum absolute atomic E-state index is 6.88. The minimum absolute atomic E-state index is 0.116. The lowest BCUT2D eigenvalue weighted by Gasteiger charge is -2.39. The number of nitrogens with zero attached hydrogens (tertiary/aromatic N) is 1. The van der Waals surface area contributed by atoms with Crippen LogP contribution in [-0.4, -0.2) is 0 Å². The van der Waals surface area contributed by atoms with Gasteiger partial charge < -0.3 is 9.64 Å². The lowest BCUT2D eigenvalue weighted by molar-refractivity contribution is 0.436. The van der Waals surface area contributed by atoms with Crippen molar-refractivity contribution in [3.8, 4) is 56.0 Å². The van der Waals surface area contributed by atoms with Crippen LogP contribution >= 0.6 is 0 Å². The maximum Gasteiger partial charge on any atom is 0.132 e. The van der Waals surface area contributed by atoms with Gasteiger partial charge in [-0.05, 0) is 126 Å². The van der Waals surface area contributed by atoms with Gasteiger partial charge in [0.1, 0.15) is 11.5 Å². The molecule has 1 heterocycles. The van der Waals surface area contributed by atoms with E-state index in [1.165, 1.54) is 77.9 Å². The summed E-state index contributed by atoms with van der Waals surface area (Å²) in [6.07, 6.45) is 0. The Labute approximate surface area is 369 Å². The number of para-hydroxylation sites is 1. The Hall–Kier alpha value is -7.42. The second kappa shape index (κ2) is 12.8. The van der Waals surface area contributed by atoms with Crippen LogP contribution in [0.3, 0.4) is 0 Å². The van der Waals surface area contributed by atoms with Crippen LogP contribution in [0, 0.1) is 0 Å². The minimum Gasteiger partial charge on any atom is -0.457 e. The maximum atomic E-state index is 6.88. The quantitative estimate of drug-likeness (QED) is 0.176. The van der Waals surface area contributed by atoms with E-state index in [2.05, 4.69) is 233 Å². The van der Waals surface area contributed by atoms with Crippen molar-refractivity contribution in [1.29, 1.82) is 0 Å². The summed E-state index contributed by atoms with van der Waals surface area (Å²) in [7, 11) is 0. The topological polar surface area (TPSA) is 12.5 Å². The molecule has 0 bridgehead atoms. The fourth-order valence-corrected chi connectivity index (χ4v) is 12.0. The Morgan fingerprint density at radius 2 is 0.698 bits per heavy atom. The van der Waals surface area contributed by atoms with Gasteiger partial charge in [0.2, 0.25) is 0 Å². The zero-order valence-corrected chi connectivity index (χ0v) is 35.9. The molecule has 0 atom stereocenters. The van der Waals surface area contributed by atoms with Crippen LogP contribution in [0.1, 0.15) is 72.2 Å². The van der Waals surface area contributed by atoms with E-state index in [0.29, 0.717) is 0 Å². The Morgan fingerprint density at radius 1 is 0.302 bits per heavy atom. The standard InChI is InChI=1S/C61H45NO/c1-59(2)49-19-9-5-15-43(49)47-32-30-41(36-55(47)59)62(42-31-33-48-44-16-6-10-20-50(44)60(3,4)56(48)37-42)40-28-25-38(26-29-40)39-27-34-54-58(35-39)63-57-24-14-13-23-53(57)61(54)51-21-11-7-17-45(51)46-18-8-12-22-52(46)61/h5-37H,1-4H3. The number of anilines is 3. The van der Waals surface area contributed by atoms with Gasteiger partial charge in [-0.15, -0.1) is 0 Å². The summed E-state index contributed by atoms with van der Waals surface area (Å²) in [5.41, 5.74) is 23.3. The molecule has 0 amide bonds. The van der Waals surface area contributed by atoms with Crippen LogP contribution in [0.25, 0.3) is 44.5 Å². The van der Waals surface area contributed by atoms with Crippen molar-refractivity contribution >= 4 is 17.1 Å². The van der Waals surface area contributed by atoms with Gasteiger partial charge in [-0.3, -0.25) is 0 Å². The third-order valence-electron chi connectivity index (χ3n) is 15.0. The van der Waals surface area contributed by atoms with Gasteiger partial charge in [0.15, 0.2) is 0 Å². The van der Waals surface area contributed by atoms with E-state index >= 15 is 0 Å². The van der Waals surface area contributed by atoms with Crippen molar-refractivity contribution in [3.63, 3.8) is 0 Å². The van der Waals surface area contributed by atoms with Crippen LogP contribution in [-0.2, 0) is 16.2 Å². The molecule has 63 heavy (non-hydrogen) atoms. The Morgan fingerprint density at radius 3 is 1.24 bits per heavy atom. The molecule has 1 aliphatic heterocycles. The third-order valence-corrected chi connectivity index (χ3v) is 15.0. The highest BCUT2D eigenvalue weighted by Gasteiger charge is 2.51. The number of benzene rings is 9. The molecule has 13 rings (SSSR count). The number of ether oxygens (including phenoxy) is 1. The molecule has 0 radical (unpaired) electrons. The van der Waals surface area contributed by atoms with Gasteiger partial charge in [0, 0.05) is 39.0 Å². The highest BCUT2D eigenvalue weighted by atomic mass is 16.5. The van der Waals surface area contributed by atoms with Crippen LogP contribution in [0.5, 0.6) is 11.5 Å². The van der Waals surface area contributed by atoms with E-state index in [0.717, 1.165) is 39.7 Å². The lowest BCUT2D eigenvalue weighted by Crippen LogP contribution is -2.32. The second-order valence-corrected chi connectivity index (χ2v) is 18.8. The number of fused-ring (bicyclic) bond motifs is 15. The Bertz CT molecular complexity index is 3230. The van der Waals surface area contributed by atoms with Crippen molar-refractivity contribution in [1.82, 2.24) is 0 Å². The van der Waals surface area contributed by atoms with Gasteiger partial charge in [0.25, 0.3) is 0 Å². The molecule has 2 nitrogen and oxygen atoms in total. The van der Waals surface area contributed by atoms with Crippen molar-refractivity contribution in [2.24, 2.45) is 0 Å². The highest BCUT2D eigenvalue weighted by Crippen LogP contribution is 2.62. The summed E-state index contributed by atoms with van der Waals surface area (Å²) >= 11 is 0. The van der Waals surface area contributed by atoms with E-state index < -0.39 is 5.41 Å². The zero-order valence-electron chi connectivity index (χ0n) is 35.9. The first-order chi connectivity index (χ1) is 30.7. The molecular weight excluding hydrogens is 763 g/mol. The summed E-state index contributed by atoms with van der Waals surface area (Å²) in [4.78, 5) is 2.45. The number of hydrogen-bond donors (Lipinski definition) is 0. The summed E-state index contributed by atoms with van der Waals surface area (Å²) in [6, 6.07) is 74.4. The van der Waals surface area contributed by atoms with Crippen molar-refractivity contribution < 1.29 is 4.74 Å². The molecule has 0 saturated heterocycles. The second-order valence-electron chi connectivity index (χ2n) is 18.8. The fourth-order valence-electron chi connectivity index (χ4n) is 12.0. The SMILES string of the molecule is CC1(C)c2ccccc2-c2ccc(N(c3ccc(-c4ccc5c(c4)Oc4ccccc4C54c5ccccc5-c5ccccc54)cc3)c3ccc4c(c3)C(C)(C)c3ccccc3-4)cc21. The Balaban J connectivity index is 0.938. The van der Waals surface area contributed by atoms with E-state index in [4.69, 9.17) is 4.74 Å². The normalized spacial score (nSPS) is 15.5. The van der Waals surface area contributed by atoms with Gasteiger partial charge in [-0.25, -0.2) is 0 Å². The lowest BCUT2D eigenvalue weighted by atomic mass is 9.66. The van der Waals surface area contributed by atoms with Crippen LogP contribution < -0.4 is 9.64 Å². The average Bonchev–Trinajstić information content (AvgIpc) is 3.84. The van der Waals surface area contributed by atoms with E-state index in [9.17, 15) is 0 Å². The van der Waals surface area contributed by atoms with Gasteiger partial charge >= 0.3 is 0 Å². The molecule has 3 aliphatic carbocycles. The third kappa shape index (κ3) is 4.84. The van der Waals surface area contributed by atoms with Crippen molar-refractivity contribution in [2.45, 2.75) is 43.9 Å². The van der Waals surface area contributed by atoms with E-state index in [1.54, 1.807) is 0 Å². The van der Waals surface area contributed by atoms with Crippen LogP contribution in [0.15, 0.2) is 200 Å². The largest absolute Gasteiger partial charge is 0.457 e. The predicted octanol–water partition coefficient (Wildman–Crippen LogP) is 15.9. The zero-order chi connectivity index (χ0) is 42.2. The molecular formula is C61H45NO. The van der Waals surface area contributed by atoms with Gasteiger partial charge in [-0.1, -0.05) is 179 Å². The van der Waals surface area contributed by atoms with E-state index in [1.807, 2.05) is 0 Å².